The minimum atomic E-state index is -2.64. The number of phenolic OH excluding ortho intramolecular Hbond substituents is 1. The number of nitrogens with zero attached hydrogens (tertiary/aromatic N) is 1. The number of fused-ring (bicyclic) bond motifs is 3. The Hall–Kier alpha value is -3.21. The third-order valence-electron chi connectivity index (χ3n) is 7.63. The van der Waals surface area contributed by atoms with E-state index in [-0.39, 0.29) is 36.3 Å². The lowest BCUT2D eigenvalue weighted by Crippen LogP contribution is -2.65. The molecule has 10 nitrogen and oxygen atoms in total. The molecule has 0 heterocycles. The Morgan fingerprint density at radius 3 is 2.40 bits per heavy atom. The van der Waals surface area contributed by atoms with Crippen molar-refractivity contribution in [2.45, 2.75) is 50.8 Å². The molecule has 10 heteroatoms. The maximum absolute atomic E-state index is 13.8. The highest BCUT2D eigenvalue weighted by Gasteiger charge is 2.64. The third kappa shape index (κ3) is 3.31. The Balaban J connectivity index is 1.99. The fourth-order valence-corrected chi connectivity index (χ4v) is 6.10. The minimum Gasteiger partial charge on any atom is -0.508 e. The number of Topliss-reactive ketones (excluding diaryl/α,β-unsaturated/α-hetero) is 2. The van der Waals surface area contributed by atoms with Gasteiger partial charge in [-0.2, -0.15) is 0 Å². The summed E-state index contributed by atoms with van der Waals surface area (Å²) in [6, 6.07) is 0.702. The fourth-order valence-electron chi connectivity index (χ4n) is 6.10. The van der Waals surface area contributed by atoms with Gasteiger partial charge >= 0.3 is 0 Å². The summed E-state index contributed by atoms with van der Waals surface area (Å²) in [5.74, 6) is -6.56. The van der Waals surface area contributed by atoms with Gasteiger partial charge in [0.05, 0.1) is 11.6 Å². The van der Waals surface area contributed by atoms with Crippen LogP contribution in [0.2, 0.25) is 0 Å². The van der Waals surface area contributed by atoms with Gasteiger partial charge in [-0.05, 0) is 50.4 Å². The zero-order valence-electron chi connectivity index (χ0n) is 20.0. The second kappa shape index (κ2) is 8.47. The van der Waals surface area contributed by atoms with Gasteiger partial charge in [-0.1, -0.05) is 19.4 Å². The molecule has 0 unspecified atom stereocenters. The Morgan fingerprint density at radius 1 is 1.20 bits per heavy atom. The Labute approximate surface area is 202 Å². The Morgan fingerprint density at radius 2 is 1.86 bits per heavy atom. The average Bonchev–Trinajstić information content (AvgIpc) is 2.77. The highest BCUT2D eigenvalue weighted by atomic mass is 16.3. The number of aliphatic hydroxyl groups excluding tert-OH is 2. The van der Waals surface area contributed by atoms with Crippen LogP contribution in [0.4, 0.5) is 0 Å². The van der Waals surface area contributed by atoms with Gasteiger partial charge in [0.25, 0.3) is 5.91 Å². The number of phenols is 1. The van der Waals surface area contributed by atoms with E-state index < -0.39 is 58.0 Å². The topological polar surface area (TPSA) is 187 Å². The molecule has 188 valence electrons. The molecule has 8 N–H and O–H groups in total. The summed E-state index contributed by atoms with van der Waals surface area (Å²) in [4.78, 5) is 40.4. The second-order valence-corrected chi connectivity index (χ2v) is 9.81. The van der Waals surface area contributed by atoms with Crippen LogP contribution in [0.3, 0.4) is 0 Å². The summed E-state index contributed by atoms with van der Waals surface area (Å²) in [6.45, 7) is 2.01. The fraction of sp³-hybridized carbons (Fsp3) is 0.480. The molecule has 0 aliphatic heterocycles. The van der Waals surface area contributed by atoms with Crippen molar-refractivity contribution in [3.8, 4) is 5.75 Å². The van der Waals surface area contributed by atoms with Gasteiger partial charge in [-0.25, -0.2) is 0 Å². The number of aromatic hydroxyl groups is 1. The number of aliphatic hydroxyl groups is 3. The lowest BCUT2D eigenvalue weighted by molar-refractivity contribution is -0.153. The van der Waals surface area contributed by atoms with E-state index in [0.717, 1.165) is 12.0 Å². The molecule has 0 saturated heterocycles. The van der Waals surface area contributed by atoms with Crippen molar-refractivity contribution < 1.29 is 34.8 Å². The van der Waals surface area contributed by atoms with E-state index in [0.29, 0.717) is 17.5 Å². The van der Waals surface area contributed by atoms with Gasteiger partial charge < -0.3 is 31.9 Å². The van der Waals surface area contributed by atoms with Crippen molar-refractivity contribution in [3.05, 3.63) is 45.2 Å². The van der Waals surface area contributed by atoms with Crippen molar-refractivity contribution in [2.75, 3.05) is 14.1 Å². The summed E-state index contributed by atoms with van der Waals surface area (Å²) in [6.07, 6.45) is 1.81. The van der Waals surface area contributed by atoms with Crippen molar-refractivity contribution in [1.29, 1.82) is 0 Å². The molecular formula is C25H31N3O7. The maximum atomic E-state index is 13.8. The number of nitrogens with two attached hydrogens (primary N) is 2. The van der Waals surface area contributed by atoms with Crippen LogP contribution in [0.15, 0.2) is 23.0 Å². The molecule has 1 fully saturated rings. The van der Waals surface area contributed by atoms with Crippen LogP contribution in [0.25, 0.3) is 5.76 Å². The normalized spacial score (nSPS) is 28.2. The van der Waals surface area contributed by atoms with E-state index in [1.54, 1.807) is 20.2 Å². The summed E-state index contributed by atoms with van der Waals surface area (Å²) >= 11 is 0. The first-order chi connectivity index (χ1) is 16.4. The number of carbonyl (C=O) groups is 3. The predicted molar refractivity (Wildman–Crippen MR) is 126 cm³/mol. The molecule has 0 spiro atoms. The largest absolute Gasteiger partial charge is 0.508 e. The van der Waals surface area contributed by atoms with Crippen LogP contribution in [0.1, 0.15) is 42.0 Å². The van der Waals surface area contributed by atoms with E-state index in [1.807, 2.05) is 6.92 Å². The van der Waals surface area contributed by atoms with Crippen molar-refractivity contribution in [2.24, 2.45) is 23.3 Å². The molecule has 0 radical (unpaired) electrons. The van der Waals surface area contributed by atoms with Crippen LogP contribution in [-0.4, -0.2) is 68.5 Å². The minimum absolute atomic E-state index is 0.0138. The molecule has 4 rings (SSSR count). The number of aryl methyl sites for hydroxylation is 1. The molecule has 3 aliphatic carbocycles. The summed E-state index contributed by atoms with van der Waals surface area (Å²) in [7, 11) is 3.14. The lowest BCUT2D eigenvalue weighted by Gasteiger charge is -2.50. The lowest BCUT2D eigenvalue weighted by atomic mass is 9.57. The van der Waals surface area contributed by atoms with Crippen molar-refractivity contribution >= 4 is 23.2 Å². The Bertz CT molecular complexity index is 1220. The zero-order valence-corrected chi connectivity index (χ0v) is 20.0. The van der Waals surface area contributed by atoms with Crippen LogP contribution in [0.5, 0.6) is 5.75 Å². The first-order valence-corrected chi connectivity index (χ1v) is 11.6. The van der Waals surface area contributed by atoms with E-state index in [1.165, 1.54) is 4.90 Å². The summed E-state index contributed by atoms with van der Waals surface area (Å²) < 4.78 is 0. The number of primary amides is 1. The number of likely N-dealkylation sites (N-methyl/N-ethyl adjacent to an activating group) is 1. The SMILES string of the molecule is CCCc1cc(CN)c(O)c2c1C[C@H]1C[C@H]3[C@H](N(C)C)C(=O)C(C(N)=O)=C(O)[C@@]3(O)C(=O)C1=C2O. The van der Waals surface area contributed by atoms with E-state index in [9.17, 15) is 34.8 Å². The average molecular weight is 486 g/mol. The standard InChI is InChI=1S/C25H31N3O7/c1-4-5-10-6-12(9-26)19(29)16-13(10)7-11-8-14-18(28(2)3)21(31)17(24(27)34)23(33)25(14,35)22(32)15(11)20(16)30/h6,11,14,18,29-30,33,35H,4-5,7-9,26H2,1-3H3,(H2,27,34)/t11-,14-,18-,25-/m0/s1. The van der Waals surface area contributed by atoms with Gasteiger partial charge in [-0.15, -0.1) is 0 Å². The van der Waals surface area contributed by atoms with Crippen LogP contribution >= 0.6 is 0 Å². The van der Waals surface area contributed by atoms with Crippen LogP contribution in [-0.2, 0) is 33.8 Å². The van der Waals surface area contributed by atoms with Crippen LogP contribution in [0, 0.1) is 11.8 Å². The molecule has 1 aromatic rings. The van der Waals surface area contributed by atoms with Gasteiger partial charge in [0.15, 0.2) is 11.4 Å². The molecule has 1 aromatic carbocycles. The number of amides is 1. The van der Waals surface area contributed by atoms with Gasteiger partial charge in [0, 0.05) is 23.6 Å². The monoisotopic (exact) mass is 485 g/mol. The predicted octanol–water partition coefficient (Wildman–Crippen LogP) is 0.375. The number of carbonyl (C=O) groups excluding carboxylic acids is 3. The van der Waals surface area contributed by atoms with E-state index >= 15 is 0 Å². The molecule has 1 saturated carbocycles. The molecule has 0 aromatic heterocycles. The first kappa shape index (κ1) is 24.9. The quantitative estimate of drug-likeness (QED) is 0.320. The first-order valence-electron chi connectivity index (χ1n) is 11.6. The zero-order chi connectivity index (χ0) is 26.0. The van der Waals surface area contributed by atoms with Crippen molar-refractivity contribution in [3.63, 3.8) is 0 Å². The van der Waals surface area contributed by atoms with E-state index in [4.69, 9.17) is 11.5 Å². The van der Waals surface area contributed by atoms with Gasteiger partial charge in [0.1, 0.15) is 22.8 Å². The highest BCUT2D eigenvalue weighted by molar-refractivity contribution is 6.24. The molecular weight excluding hydrogens is 454 g/mol. The molecule has 1 amide bonds. The van der Waals surface area contributed by atoms with Crippen LogP contribution < -0.4 is 11.5 Å². The van der Waals surface area contributed by atoms with Gasteiger partial charge in [0.2, 0.25) is 5.78 Å². The summed E-state index contributed by atoms with van der Waals surface area (Å²) in [5.41, 5.74) is 9.57. The number of benzene rings is 1. The third-order valence-corrected chi connectivity index (χ3v) is 7.63. The number of hydrogen-bond donors (Lipinski definition) is 6. The second-order valence-electron chi connectivity index (χ2n) is 9.81. The molecule has 4 atom stereocenters. The molecule has 0 bridgehead atoms. The number of rotatable bonds is 5. The maximum Gasteiger partial charge on any atom is 0.255 e. The molecule has 3 aliphatic rings. The smallest absolute Gasteiger partial charge is 0.255 e. The van der Waals surface area contributed by atoms with Gasteiger partial charge in [-0.3, -0.25) is 19.3 Å². The van der Waals surface area contributed by atoms with Crippen molar-refractivity contribution in [1.82, 2.24) is 4.90 Å². The summed E-state index contributed by atoms with van der Waals surface area (Å²) in [5, 5.41) is 44.6. The van der Waals surface area contributed by atoms with E-state index in [2.05, 4.69) is 0 Å². The molecule has 35 heavy (non-hydrogen) atoms. The Kier molecular flexibility index (Phi) is 6.03. The number of hydrogen-bond acceptors (Lipinski definition) is 9. The highest BCUT2D eigenvalue weighted by Crippen LogP contribution is 2.53. The number of ketones is 2.